The summed E-state index contributed by atoms with van der Waals surface area (Å²) in [7, 11) is 0. The summed E-state index contributed by atoms with van der Waals surface area (Å²) in [6.45, 7) is 5.47. The molecule has 0 radical (unpaired) electrons. The molecule has 0 aliphatic carbocycles. The minimum Gasteiger partial charge on any atom is -0.324 e. The Hall–Kier alpha value is -2.14. The molecule has 24 heavy (non-hydrogen) atoms. The fraction of sp³-hybridized carbons (Fsp3) is 0.263. The van der Waals surface area contributed by atoms with E-state index in [1.165, 1.54) is 11.8 Å². The van der Waals surface area contributed by atoms with Crippen LogP contribution in [0.15, 0.2) is 46.9 Å². The van der Waals surface area contributed by atoms with Crippen LogP contribution in [0.2, 0.25) is 0 Å². The first-order valence-electron chi connectivity index (χ1n) is 7.84. The maximum atomic E-state index is 12.4. The zero-order valence-electron chi connectivity index (χ0n) is 14.1. The predicted molar refractivity (Wildman–Crippen MR) is 101 cm³/mol. The number of rotatable bonds is 5. The van der Waals surface area contributed by atoms with E-state index in [9.17, 15) is 9.59 Å². The first kappa shape index (κ1) is 18.2. The molecule has 0 saturated carbocycles. The van der Waals surface area contributed by atoms with E-state index in [1.807, 2.05) is 56.3 Å². The average molecular weight is 389 g/mol. The number of benzene rings is 2. The Bertz CT molecular complexity index is 759. The Kier molecular flexibility index (Phi) is 6.15. The van der Waals surface area contributed by atoms with Gasteiger partial charge in [-0.15, -0.1) is 0 Å². The molecule has 5 heteroatoms. The van der Waals surface area contributed by atoms with E-state index in [-0.39, 0.29) is 18.4 Å². The Labute approximate surface area is 151 Å². The van der Waals surface area contributed by atoms with E-state index in [2.05, 4.69) is 21.2 Å². The lowest BCUT2D eigenvalue weighted by atomic mass is 10.1. The Morgan fingerprint density at radius 3 is 2.50 bits per heavy atom. The second kappa shape index (κ2) is 8.11. The highest BCUT2D eigenvalue weighted by atomic mass is 79.9. The number of carbonyl (C=O) groups is 2. The van der Waals surface area contributed by atoms with E-state index in [4.69, 9.17) is 0 Å². The van der Waals surface area contributed by atoms with Gasteiger partial charge in [0.1, 0.15) is 6.54 Å². The van der Waals surface area contributed by atoms with Crippen molar-refractivity contribution in [1.82, 2.24) is 0 Å². The number of hydrogen-bond donors (Lipinski definition) is 1. The third-order valence-electron chi connectivity index (χ3n) is 3.80. The maximum Gasteiger partial charge on any atom is 0.244 e. The predicted octanol–water partition coefficient (Wildman–Crippen LogP) is 4.31. The topological polar surface area (TPSA) is 49.4 Å². The van der Waals surface area contributed by atoms with Crippen molar-refractivity contribution in [2.75, 3.05) is 16.8 Å². The summed E-state index contributed by atoms with van der Waals surface area (Å²) in [5, 5.41) is 2.84. The van der Waals surface area contributed by atoms with Gasteiger partial charge in [0.05, 0.1) is 0 Å². The quantitative estimate of drug-likeness (QED) is 0.829. The van der Waals surface area contributed by atoms with E-state index in [0.29, 0.717) is 5.69 Å². The number of aryl methyl sites for hydroxylation is 2. The van der Waals surface area contributed by atoms with Gasteiger partial charge in [-0.2, -0.15) is 0 Å². The van der Waals surface area contributed by atoms with Crippen LogP contribution in [0.1, 0.15) is 25.0 Å². The Morgan fingerprint density at radius 2 is 1.88 bits per heavy atom. The minimum absolute atomic E-state index is 0.0160. The molecule has 0 bridgehead atoms. The Morgan fingerprint density at radius 1 is 1.17 bits per heavy atom. The van der Waals surface area contributed by atoms with Crippen LogP contribution in [0.25, 0.3) is 0 Å². The summed E-state index contributed by atoms with van der Waals surface area (Å²) in [4.78, 5) is 25.9. The van der Waals surface area contributed by atoms with Crippen LogP contribution in [0.4, 0.5) is 11.4 Å². The standard InChI is InChI=1S/C19H21BrN2O2/c1-4-15-7-5-6-8-18(15)22(14(3)23)12-19(24)21-16-10-9-13(2)17(20)11-16/h5-11H,4,12H2,1-3H3,(H,21,24). The normalized spacial score (nSPS) is 10.3. The third kappa shape index (κ3) is 4.45. The van der Waals surface area contributed by atoms with Crippen molar-refractivity contribution in [3.05, 3.63) is 58.1 Å². The van der Waals surface area contributed by atoms with Gasteiger partial charge < -0.3 is 10.2 Å². The molecule has 0 aliphatic heterocycles. The fourth-order valence-electron chi connectivity index (χ4n) is 2.45. The lowest BCUT2D eigenvalue weighted by Crippen LogP contribution is -2.37. The molecule has 0 fully saturated rings. The number of amides is 2. The van der Waals surface area contributed by atoms with Crippen LogP contribution in [0, 0.1) is 6.92 Å². The molecule has 2 rings (SSSR count). The molecule has 126 valence electrons. The number of para-hydroxylation sites is 1. The summed E-state index contributed by atoms with van der Waals surface area (Å²) in [5.74, 6) is -0.386. The first-order valence-corrected chi connectivity index (χ1v) is 8.63. The zero-order chi connectivity index (χ0) is 17.7. The SMILES string of the molecule is CCc1ccccc1N(CC(=O)Nc1ccc(C)c(Br)c1)C(C)=O. The molecule has 2 amide bonds. The largest absolute Gasteiger partial charge is 0.324 e. The van der Waals surface area contributed by atoms with Crippen LogP contribution >= 0.6 is 15.9 Å². The number of anilines is 2. The fourth-order valence-corrected chi connectivity index (χ4v) is 2.83. The second-order valence-corrected chi connectivity index (χ2v) is 6.45. The molecule has 0 aromatic heterocycles. The molecule has 1 N–H and O–H groups in total. The van der Waals surface area contributed by atoms with Crippen molar-refractivity contribution in [2.45, 2.75) is 27.2 Å². The molecule has 0 aliphatic rings. The molecule has 0 atom stereocenters. The van der Waals surface area contributed by atoms with E-state index < -0.39 is 0 Å². The number of hydrogen-bond acceptors (Lipinski definition) is 2. The number of carbonyl (C=O) groups excluding carboxylic acids is 2. The Balaban J connectivity index is 2.17. The van der Waals surface area contributed by atoms with Gasteiger partial charge in [0.2, 0.25) is 11.8 Å². The molecule has 0 heterocycles. The maximum absolute atomic E-state index is 12.4. The summed E-state index contributed by atoms with van der Waals surface area (Å²) < 4.78 is 0.931. The van der Waals surface area contributed by atoms with Crippen LogP contribution < -0.4 is 10.2 Å². The lowest BCUT2D eigenvalue weighted by Gasteiger charge is -2.23. The van der Waals surface area contributed by atoms with Crippen molar-refractivity contribution >= 4 is 39.1 Å². The highest BCUT2D eigenvalue weighted by Crippen LogP contribution is 2.22. The van der Waals surface area contributed by atoms with Crippen molar-refractivity contribution in [3.8, 4) is 0 Å². The molecular weight excluding hydrogens is 368 g/mol. The van der Waals surface area contributed by atoms with Gasteiger partial charge in [0.25, 0.3) is 0 Å². The molecule has 0 saturated heterocycles. The summed E-state index contributed by atoms with van der Waals surface area (Å²) in [5.41, 5.74) is 3.62. The van der Waals surface area contributed by atoms with Crippen molar-refractivity contribution < 1.29 is 9.59 Å². The summed E-state index contributed by atoms with van der Waals surface area (Å²) in [6, 6.07) is 13.3. The van der Waals surface area contributed by atoms with Gasteiger partial charge in [-0.05, 0) is 42.7 Å². The van der Waals surface area contributed by atoms with Crippen LogP contribution in [0.3, 0.4) is 0 Å². The van der Waals surface area contributed by atoms with E-state index in [1.54, 1.807) is 0 Å². The monoisotopic (exact) mass is 388 g/mol. The van der Waals surface area contributed by atoms with Crippen LogP contribution in [-0.2, 0) is 16.0 Å². The van der Waals surface area contributed by atoms with Gasteiger partial charge in [0.15, 0.2) is 0 Å². The minimum atomic E-state index is -0.230. The molecule has 2 aromatic carbocycles. The molecule has 2 aromatic rings. The second-order valence-electron chi connectivity index (χ2n) is 5.60. The highest BCUT2D eigenvalue weighted by molar-refractivity contribution is 9.10. The first-order chi connectivity index (χ1) is 11.4. The van der Waals surface area contributed by atoms with E-state index >= 15 is 0 Å². The average Bonchev–Trinajstić information content (AvgIpc) is 2.56. The summed E-state index contributed by atoms with van der Waals surface area (Å²) in [6.07, 6.45) is 0.798. The molecule has 4 nitrogen and oxygen atoms in total. The smallest absolute Gasteiger partial charge is 0.244 e. The van der Waals surface area contributed by atoms with E-state index in [0.717, 1.165) is 27.7 Å². The van der Waals surface area contributed by atoms with Crippen LogP contribution in [-0.4, -0.2) is 18.4 Å². The number of nitrogens with one attached hydrogen (secondary N) is 1. The van der Waals surface area contributed by atoms with Gasteiger partial charge in [-0.25, -0.2) is 0 Å². The number of nitrogens with zero attached hydrogens (tertiary/aromatic N) is 1. The van der Waals surface area contributed by atoms with Crippen molar-refractivity contribution in [1.29, 1.82) is 0 Å². The number of halogens is 1. The van der Waals surface area contributed by atoms with Gasteiger partial charge in [-0.1, -0.05) is 47.1 Å². The summed E-state index contributed by atoms with van der Waals surface area (Å²) >= 11 is 3.45. The third-order valence-corrected chi connectivity index (χ3v) is 4.66. The molecule has 0 unspecified atom stereocenters. The van der Waals surface area contributed by atoms with Gasteiger partial charge in [-0.3, -0.25) is 9.59 Å². The highest BCUT2D eigenvalue weighted by Gasteiger charge is 2.18. The van der Waals surface area contributed by atoms with Crippen molar-refractivity contribution in [3.63, 3.8) is 0 Å². The molecule has 0 spiro atoms. The lowest BCUT2D eigenvalue weighted by molar-refractivity contribution is -0.120. The van der Waals surface area contributed by atoms with Gasteiger partial charge >= 0.3 is 0 Å². The molecular formula is C19H21BrN2O2. The zero-order valence-corrected chi connectivity index (χ0v) is 15.7. The van der Waals surface area contributed by atoms with Gasteiger partial charge in [0, 0.05) is 22.8 Å². The van der Waals surface area contributed by atoms with Crippen molar-refractivity contribution in [2.24, 2.45) is 0 Å². The van der Waals surface area contributed by atoms with Crippen LogP contribution in [0.5, 0.6) is 0 Å².